The number of hydrogen-bond donors (Lipinski definition) is 1. The summed E-state index contributed by atoms with van der Waals surface area (Å²) in [6, 6.07) is 3.94. The SMILES string of the molecule is Cc1ccc(C=C2C(=O)NC3=CC=C([N+](=O)[O-])CC32)s1. The first kappa shape index (κ1) is 12.8. The third-order valence-corrected chi connectivity index (χ3v) is 4.38. The standard InChI is InChI=1S/C14H12N2O3S/c1-8-2-4-10(20-8)7-12-11-6-9(16(18)19)3-5-13(11)15-14(12)17/h2-5,7,11H,6H2,1H3,(H,15,17). The van der Waals surface area contributed by atoms with Gasteiger partial charge in [-0.05, 0) is 31.2 Å². The third-order valence-electron chi connectivity index (χ3n) is 3.43. The Morgan fingerprint density at radius 3 is 2.90 bits per heavy atom. The highest BCUT2D eigenvalue weighted by Gasteiger charge is 2.37. The molecule has 2 aliphatic rings. The van der Waals surface area contributed by atoms with Crippen LogP contribution in [0.4, 0.5) is 0 Å². The van der Waals surface area contributed by atoms with Crippen molar-refractivity contribution in [2.75, 3.05) is 0 Å². The smallest absolute Gasteiger partial charge is 0.252 e. The van der Waals surface area contributed by atoms with Crippen molar-refractivity contribution < 1.29 is 9.72 Å². The lowest BCUT2D eigenvalue weighted by atomic mass is 9.90. The van der Waals surface area contributed by atoms with E-state index < -0.39 is 0 Å². The van der Waals surface area contributed by atoms with Crippen molar-refractivity contribution in [2.24, 2.45) is 5.92 Å². The molecule has 20 heavy (non-hydrogen) atoms. The molecule has 3 rings (SSSR count). The molecule has 0 bridgehead atoms. The number of rotatable bonds is 2. The fourth-order valence-corrected chi connectivity index (χ4v) is 3.27. The summed E-state index contributed by atoms with van der Waals surface area (Å²) in [5.41, 5.74) is 1.49. The monoisotopic (exact) mass is 288 g/mol. The second-order valence-corrected chi connectivity index (χ2v) is 6.12. The van der Waals surface area contributed by atoms with Gasteiger partial charge in [-0.15, -0.1) is 11.3 Å². The molecule has 6 heteroatoms. The van der Waals surface area contributed by atoms with Crippen molar-refractivity contribution in [3.63, 3.8) is 0 Å². The van der Waals surface area contributed by atoms with Crippen molar-refractivity contribution in [3.05, 3.63) is 61.1 Å². The van der Waals surface area contributed by atoms with Gasteiger partial charge in [0.25, 0.3) is 5.91 Å². The molecule has 0 aromatic carbocycles. The molecule has 0 spiro atoms. The number of amides is 1. The van der Waals surface area contributed by atoms with Crippen molar-refractivity contribution >= 4 is 23.3 Å². The van der Waals surface area contributed by atoms with E-state index in [1.807, 2.05) is 25.1 Å². The van der Waals surface area contributed by atoms with Crippen LogP contribution in [0.15, 0.2) is 41.3 Å². The van der Waals surface area contributed by atoms with Gasteiger partial charge in [0, 0.05) is 33.0 Å². The van der Waals surface area contributed by atoms with Crippen LogP contribution < -0.4 is 5.32 Å². The third kappa shape index (κ3) is 2.18. The molecule has 0 saturated carbocycles. The highest BCUT2D eigenvalue weighted by molar-refractivity contribution is 7.12. The molecule has 1 atom stereocenters. The van der Waals surface area contributed by atoms with Crippen molar-refractivity contribution in [3.8, 4) is 0 Å². The lowest BCUT2D eigenvalue weighted by Gasteiger charge is -2.13. The van der Waals surface area contributed by atoms with Crippen LogP contribution in [0.1, 0.15) is 16.2 Å². The molecule has 1 aromatic rings. The van der Waals surface area contributed by atoms with Gasteiger partial charge in [0.05, 0.1) is 11.3 Å². The Morgan fingerprint density at radius 1 is 1.45 bits per heavy atom. The van der Waals surface area contributed by atoms with Crippen LogP contribution in [0.3, 0.4) is 0 Å². The normalized spacial score (nSPS) is 23.1. The van der Waals surface area contributed by atoms with Crippen molar-refractivity contribution in [2.45, 2.75) is 13.3 Å². The summed E-state index contributed by atoms with van der Waals surface area (Å²) in [5, 5.41) is 13.7. The summed E-state index contributed by atoms with van der Waals surface area (Å²) in [7, 11) is 0. The number of nitrogens with one attached hydrogen (secondary N) is 1. The Bertz CT molecular complexity index is 697. The van der Waals surface area contributed by atoms with E-state index in [4.69, 9.17) is 0 Å². The van der Waals surface area contributed by atoms with Crippen LogP contribution in [0.5, 0.6) is 0 Å². The number of thiophene rings is 1. The zero-order chi connectivity index (χ0) is 14.3. The van der Waals surface area contributed by atoms with Crippen molar-refractivity contribution in [1.82, 2.24) is 5.32 Å². The van der Waals surface area contributed by atoms with Gasteiger partial charge in [-0.25, -0.2) is 0 Å². The van der Waals surface area contributed by atoms with Crippen LogP contribution in [-0.4, -0.2) is 10.8 Å². The molecule has 5 nitrogen and oxygen atoms in total. The van der Waals surface area contributed by atoms with E-state index in [9.17, 15) is 14.9 Å². The van der Waals surface area contributed by atoms with Crippen LogP contribution in [0, 0.1) is 23.0 Å². The minimum atomic E-state index is -0.386. The number of nitro groups is 1. The Morgan fingerprint density at radius 2 is 2.25 bits per heavy atom. The minimum absolute atomic E-state index is 0.142. The lowest BCUT2D eigenvalue weighted by Crippen LogP contribution is -2.15. The number of carbonyl (C=O) groups is 1. The van der Waals surface area contributed by atoms with Crippen LogP contribution in [0.2, 0.25) is 0 Å². The number of aryl methyl sites for hydroxylation is 1. The maximum absolute atomic E-state index is 12.0. The predicted molar refractivity (Wildman–Crippen MR) is 76.4 cm³/mol. The molecule has 0 radical (unpaired) electrons. The number of carbonyl (C=O) groups excluding carboxylic acids is 1. The molecule has 2 heterocycles. The van der Waals surface area contributed by atoms with E-state index in [2.05, 4.69) is 5.32 Å². The van der Waals surface area contributed by atoms with E-state index in [0.717, 1.165) is 10.6 Å². The summed E-state index contributed by atoms with van der Waals surface area (Å²) in [6.45, 7) is 2.00. The van der Waals surface area contributed by atoms with Crippen LogP contribution in [-0.2, 0) is 4.79 Å². The molecule has 1 aliphatic heterocycles. The quantitative estimate of drug-likeness (QED) is 0.516. The second-order valence-electron chi connectivity index (χ2n) is 4.80. The highest BCUT2D eigenvalue weighted by Crippen LogP contribution is 2.36. The van der Waals surface area contributed by atoms with Gasteiger partial charge in [-0.3, -0.25) is 14.9 Å². The zero-order valence-corrected chi connectivity index (χ0v) is 11.6. The molecular formula is C14H12N2O3S. The highest BCUT2D eigenvalue weighted by atomic mass is 32.1. The Labute approximate surface area is 119 Å². The van der Waals surface area contributed by atoms with E-state index in [0.29, 0.717) is 5.57 Å². The summed E-state index contributed by atoms with van der Waals surface area (Å²) < 4.78 is 0. The largest absolute Gasteiger partial charge is 0.325 e. The minimum Gasteiger partial charge on any atom is -0.325 e. The first-order valence-corrected chi connectivity index (χ1v) is 7.01. The van der Waals surface area contributed by atoms with E-state index >= 15 is 0 Å². The average Bonchev–Trinajstić information content (AvgIpc) is 2.94. The molecule has 1 saturated heterocycles. The van der Waals surface area contributed by atoms with Gasteiger partial charge < -0.3 is 5.32 Å². The number of hydrogen-bond acceptors (Lipinski definition) is 4. The van der Waals surface area contributed by atoms with Crippen molar-refractivity contribution in [1.29, 1.82) is 0 Å². The van der Waals surface area contributed by atoms with Gasteiger partial charge in [-0.2, -0.15) is 0 Å². The molecule has 1 N–H and O–H groups in total. The van der Waals surface area contributed by atoms with E-state index in [-0.39, 0.29) is 28.9 Å². The average molecular weight is 288 g/mol. The maximum Gasteiger partial charge on any atom is 0.252 e. The molecular weight excluding hydrogens is 276 g/mol. The van der Waals surface area contributed by atoms with Gasteiger partial charge in [0.2, 0.25) is 5.70 Å². The van der Waals surface area contributed by atoms with Gasteiger partial charge >= 0.3 is 0 Å². The number of nitrogens with zero attached hydrogens (tertiary/aromatic N) is 1. The van der Waals surface area contributed by atoms with Gasteiger partial charge in [0.15, 0.2) is 0 Å². The maximum atomic E-state index is 12.0. The molecule has 1 unspecified atom stereocenters. The van der Waals surface area contributed by atoms with Crippen LogP contribution in [0.25, 0.3) is 6.08 Å². The summed E-state index contributed by atoms with van der Waals surface area (Å²) in [4.78, 5) is 24.7. The predicted octanol–water partition coefficient (Wildman–Crippen LogP) is 2.63. The zero-order valence-electron chi connectivity index (χ0n) is 10.8. The summed E-state index contributed by atoms with van der Waals surface area (Å²) >= 11 is 1.60. The summed E-state index contributed by atoms with van der Waals surface area (Å²) in [5.74, 6) is -0.388. The molecule has 1 fully saturated rings. The van der Waals surface area contributed by atoms with Gasteiger partial charge in [-0.1, -0.05) is 0 Å². The van der Waals surface area contributed by atoms with Crippen LogP contribution >= 0.6 is 11.3 Å². The molecule has 1 aromatic heterocycles. The Balaban J connectivity index is 1.95. The lowest BCUT2D eigenvalue weighted by molar-refractivity contribution is -0.428. The fourth-order valence-electron chi connectivity index (χ4n) is 2.44. The van der Waals surface area contributed by atoms with Gasteiger partial charge in [0.1, 0.15) is 0 Å². The Kier molecular flexibility index (Phi) is 3.02. The van der Waals surface area contributed by atoms with E-state index in [1.165, 1.54) is 11.0 Å². The molecule has 1 aliphatic carbocycles. The topological polar surface area (TPSA) is 72.2 Å². The summed E-state index contributed by atoms with van der Waals surface area (Å²) in [6.07, 6.45) is 5.18. The first-order valence-electron chi connectivity index (χ1n) is 6.19. The fraction of sp³-hybridized carbons (Fsp3) is 0.214. The number of allylic oxidation sites excluding steroid dienone is 4. The second kappa shape index (κ2) is 4.72. The number of fused-ring (bicyclic) bond motifs is 1. The molecule has 1 amide bonds. The molecule has 102 valence electrons. The first-order chi connectivity index (χ1) is 9.54. The Hall–Kier alpha value is -2.21. The van der Waals surface area contributed by atoms with E-state index in [1.54, 1.807) is 17.4 Å².